The van der Waals surface area contributed by atoms with Crippen molar-refractivity contribution in [3.05, 3.63) is 35.4 Å². The summed E-state index contributed by atoms with van der Waals surface area (Å²) in [5.41, 5.74) is 1.53. The van der Waals surface area contributed by atoms with E-state index in [1.807, 2.05) is 19.9 Å². The minimum absolute atomic E-state index is 0.0725. The smallest absolute Gasteiger partial charge is 0.251 e. The minimum Gasteiger partial charge on any atom is -0.393 e. The maximum Gasteiger partial charge on any atom is 0.251 e. The molecule has 1 aromatic rings. The van der Waals surface area contributed by atoms with Gasteiger partial charge in [0.15, 0.2) is 0 Å². The van der Waals surface area contributed by atoms with E-state index in [-0.39, 0.29) is 24.4 Å². The topological polar surface area (TPSA) is 78.4 Å². The number of aliphatic hydroxyl groups is 1. The van der Waals surface area contributed by atoms with Crippen molar-refractivity contribution in [2.75, 3.05) is 6.54 Å². The van der Waals surface area contributed by atoms with Crippen LogP contribution < -0.4 is 10.6 Å². The molecule has 0 radical (unpaired) electrons. The van der Waals surface area contributed by atoms with E-state index in [0.717, 1.165) is 5.56 Å². The Balaban J connectivity index is 2.39. The highest BCUT2D eigenvalue weighted by molar-refractivity contribution is 5.96. The highest BCUT2D eigenvalue weighted by atomic mass is 16.3. The predicted octanol–water partition coefficient (Wildman–Crippen LogP) is 1.00. The first kappa shape index (κ1) is 16.2. The molecule has 0 aromatic heterocycles. The summed E-state index contributed by atoms with van der Waals surface area (Å²) in [6.45, 7) is 5.31. The number of aliphatic hydroxyl groups excluding tert-OH is 1. The van der Waals surface area contributed by atoms with Crippen molar-refractivity contribution in [3.8, 4) is 0 Å². The van der Waals surface area contributed by atoms with Gasteiger partial charge >= 0.3 is 0 Å². The maximum absolute atomic E-state index is 11.8. The fraction of sp³-hybridized carbons (Fsp3) is 0.467. The molecule has 0 heterocycles. The zero-order valence-corrected chi connectivity index (χ0v) is 12.1. The Labute approximate surface area is 119 Å². The van der Waals surface area contributed by atoms with E-state index < -0.39 is 6.10 Å². The third-order valence-corrected chi connectivity index (χ3v) is 2.79. The molecule has 0 saturated carbocycles. The predicted molar refractivity (Wildman–Crippen MR) is 77.4 cm³/mol. The number of hydrogen-bond donors (Lipinski definition) is 3. The Morgan fingerprint density at radius 2 is 2.00 bits per heavy atom. The van der Waals surface area contributed by atoms with Gasteiger partial charge in [-0.05, 0) is 39.3 Å². The van der Waals surface area contributed by atoms with Crippen LogP contribution in [0.2, 0.25) is 0 Å². The van der Waals surface area contributed by atoms with Crippen LogP contribution in [0.4, 0.5) is 0 Å². The molecule has 0 aliphatic heterocycles. The summed E-state index contributed by atoms with van der Waals surface area (Å²) in [5, 5.41) is 14.5. The van der Waals surface area contributed by atoms with Crippen LogP contribution in [0.1, 0.15) is 36.2 Å². The molecule has 0 fully saturated rings. The second-order valence-corrected chi connectivity index (χ2v) is 5.11. The molecule has 2 atom stereocenters. The molecule has 5 nitrogen and oxygen atoms in total. The summed E-state index contributed by atoms with van der Waals surface area (Å²) in [7, 11) is 0. The van der Waals surface area contributed by atoms with Crippen molar-refractivity contribution >= 4 is 11.8 Å². The van der Waals surface area contributed by atoms with Gasteiger partial charge in [0.25, 0.3) is 5.91 Å². The molecule has 5 heteroatoms. The van der Waals surface area contributed by atoms with Crippen LogP contribution in [-0.4, -0.2) is 35.6 Å². The number of carbonyl (C=O) groups excluding carboxylic acids is 2. The zero-order valence-electron chi connectivity index (χ0n) is 12.1. The van der Waals surface area contributed by atoms with Gasteiger partial charge in [-0.1, -0.05) is 17.7 Å². The van der Waals surface area contributed by atoms with Crippen molar-refractivity contribution in [2.24, 2.45) is 0 Å². The summed E-state index contributed by atoms with van der Waals surface area (Å²) >= 11 is 0. The highest BCUT2D eigenvalue weighted by Gasteiger charge is 2.11. The fourth-order valence-electron chi connectivity index (χ4n) is 1.95. The monoisotopic (exact) mass is 278 g/mol. The molecule has 2 unspecified atom stereocenters. The van der Waals surface area contributed by atoms with Crippen molar-refractivity contribution in [2.45, 2.75) is 39.3 Å². The van der Waals surface area contributed by atoms with Crippen molar-refractivity contribution in [3.63, 3.8) is 0 Å². The van der Waals surface area contributed by atoms with Crippen molar-refractivity contribution in [1.29, 1.82) is 0 Å². The molecule has 1 rings (SSSR count). The largest absolute Gasteiger partial charge is 0.393 e. The van der Waals surface area contributed by atoms with Gasteiger partial charge in [-0.3, -0.25) is 9.59 Å². The average molecular weight is 278 g/mol. The van der Waals surface area contributed by atoms with Gasteiger partial charge in [0.05, 0.1) is 12.6 Å². The van der Waals surface area contributed by atoms with Gasteiger partial charge in [-0.15, -0.1) is 0 Å². The minimum atomic E-state index is -0.466. The summed E-state index contributed by atoms with van der Waals surface area (Å²) in [6, 6.07) is 7.05. The van der Waals surface area contributed by atoms with Crippen LogP contribution in [0, 0.1) is 6.92 Å². The molecule has 1 aromatic carbocycles. The first-order chi connectivity index (χ1) is 9.38. The Kier molecular flexibility index (Phi) is 6.18. The molecule has 0 aliphatic rings. The molecule has 0 saturated heterocycles. The number of carbonyl (C=O) groups is 2. The van der Waals surface area contributed by atoms with Gasteiger partial charge in [-0.25, -0.2) is 0 Å². The second-order valence-electron chi connectivity index (χ2n) is 5.11. The third-order valence-electron chi connectivity index (χ3n) is 2.79. The average Bonchev–Trinajstić information content (AvgIpc) is 2.34. The van der Waals surface area contributed by atoms with Crippen molar-refractivity contribution < 1.29 is 14.7 Å². The van der Waals surface area contributed by atoms with E-state index in [4.69, 9.17) is 0 Å². The van der Waals surface area contributed by atoms with Gasteiger partial charge in [-0.2, -0.15) is 0 Å². The molecule has 3 N–H and O–H groups in total. The molecule has 2 amide bonds. The molecule has 0 spiro atoms. The molecule has 110 valence electrons. The number of nitrogens with one attached hydrogen (secondary N) is 2. The van der Waals surface area contributed by atoms with E-state index in [9.17, 15) is 14.7 Å². The molecule has 0 bridgehead atoms. The lowest BCUT2D eigenvalue weighted by Gasteiger charge is -2.15. The third kappa shape index (κ3) is 5.84. The quantitative estimate of drug-likeness (QED) is 0.726. The van der Waals surface area contributed by atoms with E-state index in [0.29, 0.717) is 12.0 Å². The van der Waals surface area contributed by atoms with Crippen LogP contribution in [-0.2, 0) is 4.79 Å². The maximum atomic E-state index is 11.8. The first-order valence-electron chi connectivity index (χ1n) is 6.70. The van der Waals surface area contributed by atoms with Crippen LogP contribution in [0.15, 0.2) is 24.3 Å². The van der Waals surface area contributed by atoms with E-state index >= 15 is 0 Å². The van der Waals surface area contributed by atoms with Gasteiger partial charge in [0.2, 0.25) is 5.91 Å². The fourth-order valence-corrected chi connectivity index (χ4v) is 1.95. The van der Waals surface area contributed by atoms with Crippen molar-refractivity contribution in [1.82, 2.24) is 10.6 Å². The van der Waals surface area contributed by atoms with Crippen LogP contribution in [0.3, 0.4) is 0 Å². The van der Waals surface area contributed by atoms with Gasteiger partial charge in [0, 0.05) is 11.6 Å². The van der Waals surface area contributed by atoms with E-state index in [2.05, 4.69) is 10.6 Å². The highest BCUT2D eigenvalue weighted by Crippen LogP contribution is 2.03. The van der Waals surface area contributed by atoms with E-state index in [1.165, 1.54) is 0 Å². The molecular formula is C15H22N2O3. The summed E-state index contributed by atoms with van der Waals surface area (Å²) in [4.78, 5) is 23.5. The van der Waals surface area contributed by atoms with Crippen LogP contribution >= 0.6 is 0 Å². The second kappa shape index (κ2) is 7.65. The van der Waals surface area contributed by atoms with Crippen LogP contribution in [0.5, 0.6) is 0 Å². The Bertz CT molecular complexity index is 472. The zero-order chi connectivity index (χ0) is 15.1. The lowest BCUT2D eigenvalue weighted by molar-refractivity contribution is -0.120. The standard InChI is InChI=1S/C15H22N2O3/c1-10-5-4-6-13(7-10)15(20)16-9-14(19)17-11(2)8-12(3)18/h4-7,11-12,18H,8-9H2,1-3H3,(H,16,20)(H,17,19). The molecular weight excluding hydrogens is 256 g/mol. The normalized spacial score (nSPS) is 13.4. The van der Waals surface area contributed by atoms with Crippen LogP contribution in [0.25, 0.3) is 0 Å². The molecule has 20 heavy (non-hydrogen) atoms. The SMILES string of the molecule is Cc1cccc(C(=O)NCC(=O)NC(C)CC(C)O)c1. The Morgan fingerprint density at radius 3 is 2.60 bits per heavy atom. The number of rotatable bonds is 6. The van der Waals surface area contributed by atoms with Gasteiger partial charge in [0.1, 0.15) is 0 Å². The number of aryl methyl sites for hydroxylation is 1. The van der Waals surface area contributed by atoms with Gasteiger partial charge < -0.3 is 15.7 Å². The molecule has 0 aliphatic carbocycles. The summed E-state index contributed by atoms with van der Waals surface area (Å²) in [6.07, 6.45) is 0.0181. The lowest BCUT2D eigenvalue weighted by atomic mass is 10.1. The lowest BCUT2D eigenvalue weighted by Crippen LogP contribution is -2.41. The van der Waals surface area contributed by atoms with E-state index in [1.54, 1.807) is 25.1 Å². The Morgan fingerprint density at radius 1 is 1.30 bits per heavy atom. The number of benzene rings is 1. The Hall–Kier alpha value is -1.88. The number of amides is 2. The summed E-state index contributed by atoms with van der Waals surface area (Å²) < 4.78 is 0. The summed E-state index contributed by atoms with van der Waals surface area (Å²) in [5.74, 6) is -0.536. The first-order valence-corrected chi connectivity index (χ1v) is 6.70. The number of hydrogen-bond acceptors (Lipinski definition) is 3.